The lowest BCUT2D eigenvalue weighted by Crippen LogP contribution is -2.27. The number of benzene rings is 2. The second-order valence-corrected chi connectivity index (χ2v) is 6.76. The van der Waals surface area contributed by atoms with Crippen LogP contribution in [0.25, 0.3) is 10.9 Å². The van der Waals surface area contributed by atoms with Crippen LogP contribution in [-0.4, -0.2) is 15.7 Å². The van der Waals surface area contributed by atoms with Crippen molar-refractivity contribution in [2.75, 3.05) is 4.90 Å². The van der Waals surface area contributed by atoms with Gasteiger partial charge in [0.05, 0.1) is 16.1 Å². The highest BCUT2D eigenvalue weighted by molar-refractivity contribution is 8.18. The van der Waals surface area contributed by atoms with Gasteiger partial charge in [0.1, 0.15) is 5.82 Å². The molecule has 4 nitrogen and oxygen atoms in total. The topological polar surface area (TPSA) is 42.3 Å². The molecular weight excluding hydrogens is 339 g/mol. The summed E-state index contributed by atoms with van der Waals surface area (Å²) in [6.45, 7) is 4.14. The normalized spacial score (nSPS) is 14.8. The van der Waals surface area contributed by atoms with Crippen LogP contribution < -0.4 is 4.90 Å². The summed E-state index contributed by atoms with van der Waals surface area (Å²) in [5.41, 5.74) is 2.36. The van der Waals surface area contributed by atoms with Crippen LogP contribution in [0.4, 0.5) is 14.9 Å². The summed E-state index contributed by atoms with van der Waals surface area (Å²) < 4.78 is 15.1. The van der Waals surface area contributed by atoms with E-state index in [1.807, 2.05) is 28.8 Å². The Morgan fingerprint density at radius 1 is 1.04 bits per heavy atom. The number of amides is 2. The molecule has 124 valence electrons. The van der Waals surface area contributed by atoms with Gasteiger partial charge in [-0.25, -0.2) is 9.29 Å². The van der Waals surface area contributed by atoms with E-state index in [-0.39, 0.29) is 21.9 Å². The van der Waals surface area contributed by atoms with Gasteiger partial charge in [0.25, 0.3) is 11.1 Å². The number of para-hydroxylation sites is 1. The van der Waals surface area contributed by atoms with Gasteiger partial charge in [0.2, 0.25) is 0 Å². The fourth-order valence-electron chi connectivity index (χ4n) is 2.93. The lowest BCUT2D eigenvalue weighted by Gasteiger charge is -2.10. The lowest BCUT2D eigenvalue weighted by molar-refractivity contribution is -0.113. The van der Waals surface area contributed by atoms with Gasteiger partial charge < -0.3 is 4.57 Å². The van der Waals surface area contributed by atoms with E-state index in [2.05, 4.69) is 6.58 Å². The first-order valence-corrected chi connectivity index (χ1v) is 8.44. The van der Waals surface area contributed by atoms with E-state index in [1.54, 1.807) is 18.3 Å². The predicted molar refractivity (Wildman–Crippen MR) is 97.1 cm³/mol. The molecule has 1 aliphatic heterocycles. The molecule has 1 fully saturated rings. The molecule has 3 aromatic rings. The van der Waals surface area contributed by atoms with Crippen molar-refractivity contribution >= 4 is 39.5 Å². The summed E-state index contributed by atoms with van der Waals surface area (Å²) in [7, 11) is 0. The standard InChI is InChI=1S/C19H13FN2O2S/c1-12-18(23)22(19(24)25-12)17-11-21(16-5-3-2-4-15(16)17)10-13-6-8-14(20)9-7-13/h2-9,11H,1,10H2. The number of nitrogens with zero attached hydrogens (tertiary/aromatic N) is 2. The molecule has 6 heteroatoms. The minimum atomic E-state index is -0.389. The summed E-state index contributed by atoms with van der Waals surface area (Å²) in [5, 5.41) is 0.460. The minimum absolute atomic E-state index is 0.223. The Morgan fingerprint density at radius 2 is 1.76 bits per heavy atom. The van der Waals surface area contributed by atoms with Crippen LogP contribution in [0, 0.1) is 5.82 Å². The summed E-state index contributed by atoms with van der Waals surface area (Å²) >= 11 is 0.847. The van der Waals surface area contributed by atoms with Crippen molar-refractivity contribution in [1.29, 1.82) is 0 Å². The molecule has 0 saturated carbocycles. The first-order chi connectivity index (χ1) is 12.0. The lowest BCUT2D eigenvalue weighted by atomic mass is 10.2. The number of halogens is 1. The largest absolute Gasteiger partial charge is 0.341 e. The Labute approximate surface area is 147 Å². The molecule has 2 amide bonds. The zero-order valence-corrected chi connectivity index (χ0v) is 13.9. The Morgan fingerprint density at radius 3 is 2.44 bits per heavy atom. The number of thioether (sulfide) groups is 1. The molecule has 0 unspecified atom stereocenters. The van der Waals surface area contributed by atoms with Crippen LogP contribution in [0.5, 0.6) is 0 Å². The molecule has 1 aromatic heterocycles. The third-order valence-electron chi connectivity index (χ3n) is 4.11. The predicted octanol–water partition coefficient (Wildman–Crippen LogP) is 4.54. The second kappa shape index (κ2) is 5.89. The molecule has 1 aliphatic rings. The zero-order valence-electron chi connectivity index (χ0n) is 13.1. The molecule has 25 heavy (non-hydrogen) atoms. The van der Waals surface area contributed by atoms with Crippen molar-refractivity contribution in [2.24, 2.45) is 0 Å². The van der Waals surface area contributed by atoms with Crippen molar-refractivity contribution in [3.05, 3.63) is 77.6 Å². The van der Waals surface area contributed by atoms with Gasteiger partial charge in [-0.2, -0.15) is 0 Å². The first kappa shape index (κ1) is 15.7. The molecule has 2 heterocycles. The molecule has 0 N–H and O–H groups in total. The molecule has 0 spiro atoms. The zero-order chi connectivity index (χ0) is 17.6. The van der Waals surface area contributed by atoms with Crippen molar-refractivity contribution in [3.63, 3.8) is 0 Å². The Balaban J connectivity index is 1.81. The minimum Gasteiger partial charge on any atom is -0.341 e. The van der Waals surface area contributed by atoms with Crippen LogP contribution in [0.15, 0.2) is 66.2 Å². The van der Waals surface area contributed by atoms with Gasteiger partial charge in [-0.15, -0.1) is 0 Å². The van der Waals surface area contributed by atoms with Crippen molar-refractivity contribution < 1.29 is 14.0 Å². The SMILES string of the molecule is C=C1SC(=O)N(c2cn(Cc3ccc(F)cc3)c3ccccc23)C1=O. The molecule has 1 saturated heterocycles. The second-order valence-electron chi connectivity index (χ2n) is 5.72. The molecule has 0 radical (unpaired) electrons. The highest BCUT2D eigenvalue weighted by atomic mass is 32.2. The highest BCUT2D eigenvalue weighted by Gasteiger charge is 2.36. The number of rotatable bonds is 3. The fourth-order valence-corrected chi connectivity index (χ4v) is 3.59. The van der Waals surface area contributed by atoms with Crippen LogP contribution in [0.1, 0.15) is 5.56 Å². The Kier molecular flexibility index (Phi) is 3.69. The summed E-state index contributed by atoms with van der Waals surface area (Å²) in [6.07, 6.45) is 1.78. The molecule has 0 atom stereocenters. The maximum Gasteiger partial charge on any atom is 0.298 e. The van der Waals surface area contributed by atoms with Gasteiger partial charge in [-0.3, -0.25) is 9.59 Å². The van der Waals surface area contributed by atoms with Gasteiger partial charge in [0, 0.05) is 18.1 Å². The number of anilines is 1. The molecule has 2 aromatic carbocycles. The smallest absolute Gasteiger partial charge is 0.298 e. The first-order valence-electron chi connectivity index (χ1n) is 7.62. The Bertz CT molecular complexity index is 1020. The Hall–Kier alpha value is -2.86. The number of hydrogen-bond donors (Lipinski definition) is 0. The van der Waals surface area contributed by atoms with Crippen LogP contribution in [0.2, 0.25) is 0 Å². The maximum atomic E-state index is 13.1. The number of imide groups is 1. The summed E-state index contributed by atoms with van der Waals surface area (Å²) in [6, 6.07) is 13.8. The number of aromatic nitrogens is 1. The van der Waals surface area contributed by atoms with Crippen LogP contribution in [0.3, 0.4) is 0 Å². The van der Waals surface area contributed by atoms with E-state index in [1.165, 1.54) is 12.1 Å². The number of carbonyl (C=O) groups excluding carboxylic acids is 2. The van der Waals surface area contributed by atoms with Gasteiger partial charge in [0.15, 0.2) is 0 Å². The van der Waals surface area contributed by atoms with Crippen molar-refractivity contribution in [3.8, 4) is 0 Å². The van der Waals surface area contributed by atoms with E-state index >= 15 is 0 Å². The summed E-state index contributed by atoms with van der Waals surface area (Å²) in [4.78, 5) is 25.9. The van der Waals surface area contributed by atoms with E-state index in [4.69, 9.17) is 0 Å². The van der Waals surface area contributed by atoms with E-state index in [0.29, 0.717) is 12.2 Å². The van der Waals surface area contributed by atoms with Crippen molar-refractivity contribution in [1.82, 2.24) is 4.57 Å². The molecule has 0 bridgehead atoms. The molecule has 4 rings (SSSR count). The van der Waals surface area contributed by atoms with Crippen LogP contribution >= 0.6 is 11.8 Å². The van der Waals surface area contributed by atoms with Gasteiger partial charge in [-0.1, -0.05) is 36.9 Å². The maximum absolute atomic E-state index is 13.1. The van der Waals surface area contributed by atoms with E-state index < -0.39 is 0 Å². The highest BCUT2D eigenvalue weighted by Crippen LogP contribution is 2.38. The third-order valence-corrected chi connectivity index (χ3v) is 4.89. The van der Waals surface area contributed by atoms with Gasteiger partial charge >= 0.3 is 0 Å². The van der Waals surface area contributed by atoms with Crippen LogP contribution in [-0.2, 0) is 11.3 Å². The third kappa shape index (κ3) is 2.64. The number of fused-ring (bicyclic) bond motifs is 1. The average Bonchev–Trinajstić information content (AvgIpc) is 3.07. The number of carbonyl (C=O) groups is 2. The summed E-state index contributed by atoms with van der Waals surface area (Å²) in [5.74, 6) is -0.676. The van der Waals surface area contributed by atoms with E-state index in [0.717, 1.165) is 33.1 Å². The fraction of sp³-hybridized carbons (Fsp3) is 0.0526. The van der Waals surface area contributed by atoms with Crippen molar-refractivity contribution in [2.45, 2.75) is 6.54 Å². The number of hydrogen-bond acceptors (Lipinski definition) is 3. The molecular formula is C19H13FN2O2S. The monoisotopic (exact) mass is 352 g/mol. The molecule has 0 aliphatic carbocycles. The quantitative estimate of drug-likeness (QED) is 0.650. The average molecular weight is 352 g/mol. The van der Waals surface area contributed by atoms with E-state index in [9.17, 15) is 14.0 Å². The van der Waals surface area contributed by atoms with Gasteiger partial charge in [-0.05, 0) is 35.5 Å².